The predicted octanol–water partition coefficient (Wildman–Crippen LogP) is 2.94. The Morgan fingerprint density at radius 2 is 2.17 bits per heavy atom. The molecule has 0 amide bonds. The van der Waals surface area contributed by atoms with Crippen LogP contribution in [0.25, 0.3) is 0 Å². The molecular weight excluding hydrogens is 224 g/mol. The Kier molecular flexibility index (Phi) is 4.13. The molecule has 1 N–H and O–H groups in total. The van der Waals surface area contributed by atoms with E-state index in [0.717, 1.165) is 13.1 Å². The predicted molar refractivity (Wildman–Crippen MR) is 74.6 cm³/mol. The maximum Gasteiger partial charge on any atom is 0.0758 e. The van der Waals surface area contributed by atoms with Gasteiger partial charge in [0.1, 0.15) is 0 Å². The van der Waals surface area contributed by atoms with E-state index in [0.29, 0.717) is 12.2 Å². The van der Waals surface area contributed by atoms with Crippen LogP contribution in [0.4, 0.5) is 0 Å². The Hall–Kier alpha value is -0.800. The molecule has 1 aliphatic rings. The minimum atomic E-state index is 0.173. The molecule has 2 heterocycles. The molecule has 1 saturated heterocycles. The summed E-state index contributed by atoms with van der Waals surface area (Å²) in [5, 5.41) is 3.51. The summed E-state index contributed by atoms with van der Waals surface area (Å²) in [7, 11) is 0. The molecule has 1 aliphatic heterocycles. The first-order valence-electron chi connectivity index (χ1n) is 6.97. The lowest BCUT2D eigenvalue weighted by Gasteiger charge is -2.20. The lowest BCUT2D eigenvalue weighted by Crippen LogP contribution is -2.34. The van der Waals surface area contributed by atoms with Gasteiger partial charge < -0.3 is 14.6 Å². The average Bonchev–Trinajstić information content (AvgIpc) is 2.85. The van der Waals surface area contributed by atoms with Gasteiger partial charge in [0, 0.05) is 31.0 Å². The highest BCUT2D eigenvalue weighted by atomic mass is 16.5. The first-order valence-corrected chi connectivity index (χ1v) is 6.97. The zero-order valence-corrected chi connectivity index (χ0v) is 12.1. The van der Waals surface area contributed by atoms with Crippen LogP contribution in [0.15, 0.2) is 18.5 Å². The number of ether oxygens (including phenoxy) is 1. The SMILES string of the molecule is CC1CCC(Cn2ccc(CNC(C)(C)C)c2)O1. The van der Waals surface area contributed by atoms with Crippen molar-refractivity contribution in [2.24, 2.45) is 0 Å². The third-order valence-corrected chi connectivity index (χ3v) is 3.37. The van der Waals surface area contributed by atoms with Gasteiger partial charge in [0.05, 0.1) is 12.2 Å². The number of hydrogen-bond donors (Lipinski definition) is 1. The van der Waals surface area contributed by atoms with E-state index < -0.39 is 0 Å². The largest absolute Gasteiger partial charge is 0.373 e. The highest BCUT2D eigenvalue weighted by molar-refractivity contribution is 5.10. The maximum absolute atomic E-state index is 5.85. The van der Waals surface area contributed by atoms with Crippen molar-refractivity contribution in [1.29, 1.82) is 0 Å². The zero-order chi connectivity index (χ0) is 13.2. The summed E-state index contributed by atoms with van der Waals surface area (Å²) in [6, 6.07) is 2.19. The smallest absolute Gasteiger partial charge is 0.0758 e. The average molecular weight is 250 g/mol. The van der Waals surface area contributed by atoms with Gasteiger partial charge in [0.2, 0.25) is 0 Å². The van der Waals surface area contributed by atoms with Crippen LogP contribution in [0.5, 0.6) is 0 Å². The van der Waals surface area contributed by atoms with E-state index in [1.807, 2.05) is 0 Å². The monoisotopic (exact) mass is 250 g/mol. The minimum absolute atomic E-state index is 0.173. The van der Waals surface area contributed by atoms with Crippen LogP contribution in [0.3, 0.4) is 0 Å². The van der Waals surface area contributed by atoms with Crippen molar-refractivity contribution in [3.8, 4) is 0 Å². The first-order chi connectivity index (χ1) is 8.42. The first kappa shape index (κ1) is 13.6. The van der Waals surface area contributed by atoms with Crippen molar-refractivity contribution < 1.29 is 4.74 Å². The van der Waals surface area contributed by atoms with E-state index in [-0.39, 0.29) is 5.54 Å². The van der Waals surface area contributed by atoms with Crippen LogP contribution >= 0.6 is 0 Å². The molecule has 0 aromatic carbocycles. The second-order valence-electron chi connectivity index (χ2n) is 6.47. The molecule has 1 aromatic rings. The summed E-state index contributed by atoms with van der Waals surface area (Å²) >= 11 is 0. The van der Waals surface area contributed by atoms with Crippen molar-refractivity contribution in [3.63, 3.8) is 0 Å². The van der Waals surface area contributed by atoms with Crippen molar-refractivity contribution in [1.82, 2.24) is 9.88 Å². The molecule has 2 rings (SSSR count). The normalized spacial score (nSPS) is 24.7. The summed E-state index contributed by atoms with van der Waals surface area (Å²) in [5.74, 6) is 0. The van der Waals surface area contributed by atoms with Gasteiger partial charge in [0.25, 0.3) is 0 Å². The van der Waals surface area contributed by atoms with E-state index in [9.17, 15) is 0 Å². The second kappa shape index (κ2) is 5.45. The molecule has 0 aliphatic carbocycles. The molecule has 18 heavy (non-hydrogen) atoms. The standard InChI is InChI=1S/C15H26N2O/c1-12-5-6-14(18-12)11-17-8-7-13(10-17)9-16-15(2,3)4/h7-8,10,12,14,16H,5-6,9,11H2,1-4H3. The molecule has 1 aromatic heterocycles. The molecule has 0 saturated carbocycles. The molecule has 2 unspecified atom stereocenters. The highest BCUT2D eigenvalue weighted by Gasteiger charge is 2.21. The summed E-state index contributed by atoms with van der Waals surface area (Å²) in [5.41, 5.74) is 1.52. The summed E-state index contributed by atoms with van der Waals surface area (Å²) in [6.45, 7) is 10.7. The lowest BCUT2D eigenvalue weighted by molar-refractivity contribution is 0.0458. The van der Waals surface area contributed by atoms with Gasteiger partial charge in [-0.25, -0.2) is 0 Å². The number of nitrogens with zero attached hydrogens (tertiary/aromatic N) is 1. The van der Waals surface area contributed by atoms with E-state index in [2.05, 4.69) is 56.0 Å². The topological polar surface area (TPSA) is 26.2 Å². The molecule has 2 atom stereocenters. The van der Waals surface area contributed by atoms with E-state index in [1.165, 1.54) is 18.4 Å². The van der Waals surface area contributed by atoms with Crippen LogP contribution in [-0.4, -0.2) is 22.3 Å². The highest BCUT2D eigenvalue weighted by Crippen LogP contribution is 2.20. The van der Waals surface area contributed by atoms with Gasteiger partial charge in [-0.2, -0.15) is 0 Å². The number of rotatable bonds is 4. The third-order valence-electron chi connectivity index (χ3n) is 3.37. The van der Waals surface area contributed by atoms with Gasteiger partial charge in [0.15, 0.2) is 0 Å². The Morgan fingerprint density at radius 3 is 2.78 bits per heavy atom. The van der Waals surface area contributed by atoms with Crippen LogP contribution in [0, 0.1) is 0 Å². The van der Waals surface area contributed by atoms with E-state index >= 15 is 0 Å². The molecular formula is C15H26N2O. The Morgan fingerprint density at radius 1 is 1.39 bits per heavy atom. The Bertz CT molecular complexity index is 378. The van der Waals surface area contributed by atoms with Crippen LogP contribution in [0.1, 0.15) is 46.1 Å². The van der Waals surface area contributed by atoms with Crippen LogP contribution in [-0.2, 0) is 17.8 Å². The van der Waals surface area contributed by atoms with Gasteiger partial charge in [-0.1, -0.05) is 0 Å². The fourth-order valence-electron chi connectivity index (χ4n) is 2.33. The van der Waals surface area contributed by atoms with Crippen molar-refractivity contribution in [3.05, 3.63) is 24.0 Å². The van der Waals surface area contributed by atoms with Gasteiger partial charge in [-0.05, 0) is 52.2 Å². The molecule has 3 heteroatoms. The number of aromatic nitrogens is 1. The quantitative estimate of drug-likeness (QED) is 0.889. The Labute approximate surface area is 111 Å². The molecule has 1 fully saturated rings. The maximum atomic E-state index is 5.85. The second-order valence-corrected chi connectivity index (χ2v) is 6.47. The number of hydrogen-bond acceptors (Lipinski definition) is 2. The molecule has 3 nitrogen and oxygen atoms in total. The molecule has 0 bridgehead atoms. The van der Waals surface area contributed by atoms with E-state index in [1.54, 1.807) is 0 Å². The number of nitrogens with one attached hydrogen (secondary N) is 1. The lowest BCUT2D eigenvalue weighted by atomic mass is 10.1. The third kappa shape index (κ3) is 4.14. The minimum Gasteiger partial charge on any atom is -0.373 e. The van der Waals surface area contributed by atoms with Gasteiger partial charge >= 0.3 is 0 Å². The summed E-state index contributed by atoms with van der Waals surface area (Å²) in [4.78, 5) is 0. The van der Waals surface area contributed by atoms with Crippen molar-refractivity contribution >= 4 is 0 Å². The fraction of sp³-hybridized carbons (Fsp3) is 0.733. The zero-order valence-electron chi connectivity index (χ0n) is 12.1. The summed E-state index contributed by atoms with van der Waals surface area (Å²) < 4.78 is 8.10. The van der Waals surface area contributed by atoms with Crippen LogP contribution in [0.2, 0.25) is 0 Å². The van der Waals surface area contributed by atoms with E-state index in [4.69, 9.17) is 4.74 Å². The van der Waals surface area contributed by atoms with Gasteiger partial charge in [-0.15, -0.1) is 0 Å². The summed E-state index contributed by atoms with van der Waals surface area (Å²) in [6.07, 6.45) is 7.61. The van der Waals surface area contributed by atoms with Gasteiger partial charge in [-0.3, -0.25) is 0 Å². The molecule has 102 valence electrons. The fourth-order valence-corrected chi connectivity index (χ4v) is 2.33. The Balaban J connectivity index is 1.82. The van der Waals surface area contributed by atoms with Crippen molar-refractivity contribution in [2.45, 2.75) is 71.4 Å². The molecule has 0 spiro atoms. The molecule has 0 radical (unpaired) electrons. The van der Waals surface area contributed by atoms with Crippen molar-refractivity contribution in [2.75, 3.05) is 0 Å². The van der Waals surface area contributed by atoms with Crippen LogP contribution < -0.4 is 5.32 Å².